The van der Waals surface area contributed by atoms with E-state index in [1.807, 2.05) is 45.9 Å². The minimum absolute atomic E-state index is 0.119. The van der Waals surface area contributed by atoms with Crippen molar-refractivity contribution in [2.24, 2.45) is 5.41 Å². The zero-order valence-electron chi connectivity index (χ0n) is 13.1. The zero-order chi connectivity index (χ0) is 15.6. The van der Waals surface area contributed by atoms with Gasteiger partial charge in [-0.2, -0.15) is 0 Å². The first-order chi connectivity index (χ1) is 9.98. The van der Waals surface area contributed by atoms with Crippen LogP contribution in [0.2, 0.25) is 5.02 Å². The lowest BCUT2D eigenvalue weighted by Crippen LogP contribution is -2.29. The van der Waals surface area contributed by atoms with Crippen LogP contribution in [0.3, 0.4) is 0 Å². The fourth-order valence-electron chi connectivity index (χ4n) is 2.22. The van der Waals surface area contributed by atoms with Crippen LogP contribution in [0.1, 0.15) is 44.9 Å². The summed E-state index contributed by atoms with van der Waals surface area (Å²) in [6.45, 7) is 8.54. The first-order valence-corrected chi connectivity index (χ1v) is 7.92. The molecule has 21 heavy (non-hydrogen) atoms. The van der Waals surface area contributed by atoms with Crippen LogP contribution in [0, 0.1) is 12.3 Å². The molecule has 1 heterocycles. The molecule has 4 heteroatoms. The van der Waals surface area contributed by atoms with E-state index in [1.54, 1.807) is 0 Å². The van der Waals surface area contributed by atoms with Crippen molar-refractivity contribution in [3.05, 3.63) is 34.5 Å². The van der Waals surface area contributed by atoms with Crippen LogP contribution in [0.25, 0.3) is 10.9 Å². The summed E-state index contributed by atoms with van der Waals surface area (Å²) in [5, 5.41) is 4.84. The molecule has 3 nitrogen and oxygen atoms in total. The van der Waals surface area contributed by atoms with Crippen molar-refractivity contribution in [1.29, 1.82) is 0 Å². The molecule has 0 radical (unpaired) electrons. The first-order valence-electron chi connectivity index (χ1n) is 7.54. The highest BCUT2D eigenvalue weighted by molar-refractivity contribution is 6.32. The number of aromatic nitrogens is 1. The van der Waals surface area contributed by atoms with E-state index in [-0.39, 0.29) is 11.3 Å². The standard InChI is InChI=1S/C15H17ClN2O.C2H6/c1-9-5-13-10(7-12(9)16)6-11(18-13)8-17-14(19)15(2)3-4-15;1-2/h5-7,18H,3-4,8H2,1-2H3,(H,17,19);1-2H3. The zero-order valence-corrected chi connectivity index (χ0v) is 13.9. The lowest BCUT2D eigenvalue weighted by atomic mass is 10.1. The van der Waals surface area contributed by atoms with Gasteiger partial charge in [0.1, 0.15) is 0 Å². The number of fused-ring (bicyclic) bond motifs is 1. The monoisotopic (exact) mass is 306 g/mol. The lowest BCUT2D eigenvalue weighted by molar-refractivity contribution is -0.125. The van der Waals surface area contributed by atoms with Crippen LogP contribution in [0.4, 0.5) is 0 Å². The Balaban J connectivity index is 0.000000774. The van der Waals surface area contributed by atoms with Gasteiger partial charge < -0.3 is 10.3 Å². The lowest BCUT2D eigenvalue weighted by Gasteiger charge is -2.08. The molecular formula is C17H23ClN2O. The van der Waals surface area contributed by atoms with Crippen LogP contribution in [-0.2, 0) is 11.3 Å². The van der Waals surface area contributed by atoms with Crippen molar-refractivity contribution in [3.8, 4) is 0 Å². The Hall–Kier alpha value is -1.48. The maximum Gasteiger partial charge on any atom is 0.226 e. The summed E-state index contributed by atoms with van der Waals surface area (Å²) >= 11 is 6.11. The maximum atomic E-state index is 11.9. The Bertz CT molecular complexity index is 617. The van der Waals surface area contributed by atoms with Crippen molar-refractivity contribution >= 4 is 28.4 Å². The van der Waals surface area contributed by atoms with Crippen LogP contribution >= 0.6 is 11.6 Å². The van der Waals surface area contributed by atoms with Gasteiger partial charge in [-0.25, -0.2) is 0 Å². The van der Waals surface area contributed by atoms with Crippen LogP contribution in [-0.4, -0.2) is 10.9 Å². The smallest absolute Gasteiger partial charge is 0.226 e. The quantitative estimate of drug-likeness (QED) is 0.857. The highest BCUT2D eigenvalue weighted by Gasteiger charge is 2.44. The Morgan fingerprint density at radius 3 is 2.62 bits per heavy atom. The molecule has 1 aromatic carbocycles. The number of halogens is 1. The number of benzene rings is 1. The molecule has 0 bridgehead atoms. The molecule has 2 N–H and O–H groups in total. The first kappa shape index (κ1) is 15.9. The second-order valence-electron chi connectivity index (χ2n) is 5.73. The third kappa shape index (κ3) is 3.41. The molecule has 0 spiro atoms. The third-order valence-electron chi connectivity index (χ3n) is 3.94. The molecule has 1 aliphatic rings. The number of carbonyl (C=O) groups excluding carboxylic acids is 1. The van der Waals surface area contributed by atoms with Gasteiger partial charge in [0.25, 0.3) is 0 Å². The second kappa shape index (κ2) is 6.10. The number of hydrogen-bond donors (Lipinski definition) is 2. The molecule has 1 aliphatic carbocycles. The highest BCUT2D eigenvalue weighted by atomic mass is 35.5. The largest absolute Gasteiger partial charge is 0.357 e. The molecule has 0 aliphatic heterocycles. The molecule has 0 saturated heterocycles. The van der Waals surface area contributed by atoms with Crippen LogP contribution in [0.15, 0.2) is 18.2 Å². The minimum atomic E-state index is -0.119. The summed E-state index contributed by atoms with van der Waals surface area (Å²) in [6.07, 6.45) is 2.00. The van der Waals surface area contributed by atoms with E-state index in [9.17, 15) is 4.79 Å². The number of carbonyl (C=O) groups is 1. The van der Waals surface area contributed by atoms with Gasteiger partial charge in [-0.1, -0.05) is 32.4 Å². The molecule has 1 saturated carbocycles. The van der Waals surface area contributed by atoms with Crippen LogP contribution in [0.5, 0.6) is 0 Å². The molecule has 114 valence electrons. The van der Waals surface area contributed by atoms with E-state index in [0.717, 1.165) is 40.0 Å². The number of aryl methyl sites for hydroxylation is 1. The summed E-state index contributed by atoms with van der Waals surface area (Å²) < 4.78 is 0. The second-order valence-corrected chi connectivity index (χ2v) is 6.13. The summed E-state index contributed by atoms with van der Waals surface area (Å²) in [5.74, 6) is 0.153. The molecule has 1 aromatic heterocycles. The SMILES string of the molecule is CC.Cc1cc2[nH]c(CNC(=O)C3(C)CC3)cc2cc1Cl. The predicted octanol–water partition coefficient (Wildman–Crippen LogP) is 4.57. The van der Waals surface area contributed by atoms with Gasteiger partial charge in [0.15, 0.2) is 0 Å². The minimum Gasteiger partial charge on any atom is -0.357 e. The molecule has 1 fully saturated rings. The van der Waals surface area contributed by atoms with Crippen molar-refractivity contribution in [2.75, 3.05) is 0 Å². The Kier molecular flexibility index (Phi) is 4.62. The molecular weight excluding hydrogens is 284 g/mol. The van der Waals surface area contributed by atoms with E-state index in [4.69, 9.17) is 11.6 Å². The highest BCUT2D eigenvalue weighted by Crippen LogP contribution is 2.45. The van der Waals surface area contributed by atoms with Crippen molar-refractivity contribution in [1.82, 2.24) is 10.3 Å². The van der Waals surface area contributed by atoms with Gasteiger partial charge in [0.05, 0.1) is 6.54 Å². The average molecular weight is 307 g/mol. The molecule has 2 aromatic rings. The summed E-state index contributed by atoms with van der Waals surface area (Å²) in [4.78, 5) is 15.2. The van der Waals surface area contributed by atoms with Gasteiger partial charge >= 0.3 is 0 Å². The van der Waals surface area contributed by atoms with Crippen molar-refractivity contribution in [3.63, 3.8) is 0 Å². The number of aromatic amines is 1. The summed E-state index contributed by atoms with van der Waals surface area (Å²) in [6, 6.07) is 6.03. The molecule has 0 atom stereocenters. The van der Waals surface area contributed by atoms with E-state index in [1.165, 1.54) is 0 Å². The van der Waals surface area contributed by atoms with E-state index in [0.29, 0.717) is 6.54 Å². The number of rotatable bonds is 3. The fraction of sp³-hybridized carbons (Fsp3) is 0.471. The Morgan fingerprint density at radius 1 is 1.33 bits per heavy atom. The van der Waals surface area contributed by atoms with Gasteiger partial charge in [0, 0.05) is 27.0 Å². The van der Waals surface area contributed by atoms with E-state index < -0.39 is 0 Å². The van der Waals surface area contributed by atoms with Gasteiger partial charge in [0.2, 0.25) is 5.91 Å². The topological polar surface area (TPSA) is 44.9 Å². The fourth-order valence-corrected chi connectivity index (χ4v) is 2.39. The van der Waals surface area contributed by atoms with E-state index >= 15 is 0 Å². The van der Waals surface area contributed by atoms with Crippen molar-refractivity contribution < 1.29 is 4.79 Å². The maximum absolute atomic E-state index is 11.9. The summed E-state index contributed by atoms with van der Waals surface area (Å²) in [5.41, 5.74) is 3.00. The van der Waals surface area contributed by atoms with Crippen molar-refractivity contribution in [2.45, 2.75) is 47.1 Å². The van der Waals surface area contributed by atoms with Gasteiger partial charge in [-0.3, -0.25) is 4.79 Å². The Labute approximate surface area is 131 Å². The average Bonchev–Trinajstić information content (AvgIpc) is 3.11. The molecule has 3 rings (SSSR count). The molecule has 0 unspecified atom stereocenters. The predicted molar refractivity (Wildman–Crippen MR) is 88.6 cm³/mol. The summed E-state index contributed by atoms with van der Waals surface area (Å²) in [7, 11) is 0. The normalized spacial score (nSPS) is 15.3. The van der Waals surface area contributed by atoms with Crippen LogP contribution < -0.4 is 5.32 Å². The van der Waals surface area contributed by atoms with E-state index in [2.05, 4.69) is 10.3 Å². The van der Waals surface area contributed by atoms with Gasteiger partial charge in [-0.15, -0.1) is 0 Å². The number of nitrogens with one attached hydrogen (secondary N) is 2. The third-order valence-corrected chi connectivity index (χ3v) is 4.35. The Morgan fingerprint density at radius 2 is 2.00 bits per heavy atom. The van der Waals surface area contributed by atoms with Gasteiger partial charge in [-0.05, 0) is 43.5 Å². The molecule has 1 amide bonds. The number of H-pyrrole nitrogens is 1. The number of hydrogen-bond acceptors (Lipinski definition) is 1. The number of amides is 1.